The summed E-state index contributed by atoms with van der Waals surface area (Å²) in [7, 11) is 0. The molecule has 1 aromatic carbocycles. The molecule has 2 rings (SSSR count). The van der Waals surface area contributed by atoms with Crippen LogP contribution in [0.25, 0.3) is 5.69 Å². The molecule has 2 nitrogen and oxygen atoms in total. The van der Waals surface area contributed by atoms with Crippen LogP contribution in [-0.4, -0.2) is 9.78 Å². The second-order valence-corrected chi connectivity index (χ2v) is 4.86. The molecule has 0 amide bonds. The van der Waals surface area contributed by atoms with Crippen LogP contribution < -0.4 is 0 Å². The Morgan fingerprint density at radius 1 is 1.43 bits per heavy atom. The maximum absolute atomic E-state index is 13.5. The molecule has 0 saturated heterocycles. The second kappa shape index (κ2) is 3.98. The van der Waals surface area contributed by atoms with E-state index in [9.17, 15) is 4.39 Å². The first-order valence-corrected chi connectivity index (χ1v) is 5.69. The Balaban J connectivity index is 2.52. The van der Waals surface area contributed by atoms with Crippen LogP contribution in [0.15, 0.2) is 35.1 Å². The van der Waals surface area contributed by atoms with Crippen molar-refractivity contribution in [1.29, 1.82) is 0 Å². The molecule has 0 aliphatic heterocycles. The van der Waals surface area contributed by atoms with Crippen LogP contribution in [-0.2, 0) is 0 Å². The molecule has 0 aliphatic rings. The van der Waals surface area contributed by atoms with E-state index in [4.69, 9.17) is 0 Å². The first kappa shape index (κ1) is 10.1. The van der Waals surface area contributed by atoms with Crippen molar-refractivity contribution in [2.75, 3.05) is 0 Å². The highest BCUT2D eigenvalue weighted by atomic mass is 127. The fourth-order valence-electron chi connectivity index (χ4n) is 1.10. The van der Waals surface area contributed by atoms with E-state index in [-0.39, 0.29) is 5.82 Å². The van der Waals surface area contributed by atoms with E-state index in [0.29, 0.717) is 5.69 Å². The van der Waals surface area contributed by atoms with Gasteiger partial charge in [-0.05, 0) is 56.7 Å². The molecule has 2 aromatic rings. The zero-order valence-corrected chi connectivity index (χ0v) is 10.7. The van der Waals surface area contributed by atoms with E-state index in [1.165, 1.54) is 10.7 Å². The molecule has 0 saturated carbocycles. The lowest BCUT2D eigenvalue weighted by Crippen LogP contribution is -1.97. The molecular formula is C9H5BrFIN2. The predicted molar refractivity (Wildman–Crippen MR) is 63.9 cm³/mol. The lowest BCUT2D eigenvalue weighted by Gasteiger charge is -2.02. The molecule has 0 spiro atoms. The molecular weight excluding hydrogens is 362 g/mol. The van der Waals surface area contributed by atoms with Crippen LogP contribution >= 0.6 is 38.5 Å². The zero-order chi connectivity index (χ0) is 10.1. The molecule has 0 radical (unpaired) electrons. The molecule has 1 aromatic heterocycles. The molecule has 0 unspecified atom stereocenters. The van der Waals surface area contributed by atoms with Crippen molar-refractivity contribution in [2.45, 2.75) is 0 Å². The third-order valence-electron chi connectivity index (χ3n) is 1.71. The summed E-state index contributed by atoms with van der Waals surface area (Å²) < 4.78 is 16.7. The number of nitrogens with zero attached hydrogens (tertiary/aromatic N) is 2. The Labute approximate surface area is 102 Å². The van der Waals surface area contributed by atoms with Gasteiger partial charge in [-0.3, -0.25) is 0 Å². The van der Waals surface area contributed by atoms with Gasteiger partial charge in [-0.1, -0.05) is 0 Å². The normalized spacial score (nSPS) is 10.5. The van der Waals surface area contributed by atoms with Gasteiger partial charge < -0.3 is 0 Å². The van der Waals surface area contributed by atoms with Crippen LogP contribution in [0, 0.1) is 9.39 Å². The molecule has 5 heteroatoms. The van der Waals surface area contributed by atoms with Crippen LogP contribution in [0.4, 0.5) is 4.39 Å². The minimum Gasteiger partial charge on any atom is -0.237 e. The molecule has 0 bridgehead atoms. The Hall–Kier alpha value is -0.430. The lowest BCUT2D eigenvalue weighted by atomic mass is 10.3. The molecule has 0 atom stereocenters. The number of hydrogen-bond donors (Lipinski definition) is 0. The monoisotopic (exact) mass is 366 g/mol. The van der Waals surface area contributed by atoms with Crippen molar-refractivity contribution in [3.05, 3.63) is 44.5 Å². The van der Waals surface area contributed by atoms with Crippen molar-refractivity contribution in [3.8, 4) is 5.69 Å². The average Bonchev–Trinajstić information content (AvgIpc) is 2.51. The second-order valence-electron chi connectivity index (χ2n) is 2.70. The van der Waals surface area contributed by atoms with Gasteiger partial charge in [-0.25, -0.2) is 9.07 Å². The maximum atomic E-state index is 13.5. The van der Waals surface area contributed by atoms with E-state index >= 15 is 0 Å². The fourth-order valence-corrected chi connectivity index (χ4v) is 1.84. The van der Waals surface area contributed by atoms with E-state index < -0.39 is 0 Å². The number of aromatic nitrogens is 2. The summed E-state index contributed by atoms with van der Waals surface area (Å²) in [4.78, 5) is 0. The van der Waals surface area contributed by atoms with Gasteiger partial charge >= 0.3 is 0 Å². The van der Waals surface area contributed by atoms with Gasteiger partial charge in [0.25, 0.3) is 0 Å². The van der Waals surface area contributed by atoms with Crippen molar-refractivity contribution in [2.24, 2.45) is 0 Å². The van der Waals surface area contributed by atoms with E-state index in [1.54, 1.807) is 18.5 Å². The third kappa shape index (κ3) is 1.98. The van der Waals surface area contributed by atoms with Gasteiger partial charge in [0.05, 0.1) is 10.7 Å². The fraction of sp³-hybridized carbons (Fsp3) is 0. The average molecular weight is 367 g/mol. The van der Waals surface area contributed by atoms with Gasteiger partial charge in [-0.2, -0.15) is 5.10 Å². The summed E-state index contributed by atoms with van der Waals surface area (Å²) in [5.41, 5.74) is 0.455. The Morgan fingerprint density at radius 3 is 2.79 bits per heavy atom. The minimum atomic E-state index is -0.271. The van der Waals surface area contributed by atoms with Crippen LogP contribution in [0.1, 0.15) is 0 Å². The van der Waals surface area contributed by atoms with Crippen molar-refractivity contribution in [3.63, 3.8) is 0 Å². The van der Waals surface area contributed by atoms with Gasteiger partial charge in [0.2, 0.25) is 0 Å². The molecule has 0 aliphatic carbocycles. The maximum Gasteiger partial charge on any atom is 0.149 e. The highest BCUT2D eigenvalue weighted by Crippen LogP contribution is 2.17. The smallest absolute Gasteiger partial charge is 0.149 e. The van der Waals surface area contributed by atoms with Crippen molar-refractivity contribution >= 4 is 38.5 Å². The summed E-state index contributed by atoms with van der Waals surface area (Å²) >= 11 is 5.33. The third-order valence-corrected chi connectivity index (χ3v) is 2.79. The highest BCUT2D eigenvalue weighted by Gasteiger charge is 2.05. The number of rotatable bonds is 1. The van der Waals surface area contributed by atoms with Crippen molar-refractivity contribution in [1.82, 2.24) is 9.78 Å². The highest BCUT2D eigenvalue weighted by molar-refractivity contribution is 14.1. The van der Waals surface area contributed by atoms with Crippen LogP contribution in [0.5, 0.6) is 0 Å². The largest absolute Gasteiger partial charge is 0.237 e. The Morgan fingerprint density at radius 2 is 2.21 bits per heavy atom. The number of hydrogen-bond acceptors (Lipinski definition) is 1. The first-order valence-electron chi connectivity index (χ1n) is 3.82. The van der Waals surface area contributed by atoms with Gasteiger partial charge in [-0.15, -0.1) is 0 Å². The summed E-state index contributed by atoms with van der Waals surface area (Å²) in [5.74, 6) is -0.271. The quantitative estimate of drug-likeness (QED) is 0.707. The van der Waals surface area contributed by atoms with E-state index in [0.717, 1.165) is 8.04 Å². The number of halogens is 3. The standard InChI is InChI=1S/C9H5BrFIN2/c10-6-4-13-14(5-6)9-2-1-7(12)3-8(9)11/h1-5H. The van der Waals surface area contributed by atoms with E-state index in [1.807, 2.05) is 6.07 Å². The SMILES string of the molecule is Fc1cc(I)ccc1-n1cc(Br)cn1. The molecule has 0 fully saturated rings. The Bertz CT molecular complexity index is 470. The van der Waals surface area contributed by atoms with Crippen LogP contribution in [0.2, 0.25) is 0 Å². The van der Waals surface area contributed by atoms with Gasteiger partial charge in [0.1, 0.15) is 11.5 Å². The predicted octanol–water partition coefficient (Wildman–Crippen LogP) is 3.38. The molecule has 1 heterocycles. The van der Waals surface area contributed by atoms with Gasteiger partial charge in [0, 0.05) is 9.77 Å². The first-order chi connectivity index (χ1) is 6.66. The summed E-state index contributed by atoms with van der Waals surface area (Å²) in [6.45, 7) is 0. The van der Waals surface area contributed by atoms with E-state index in [2.05, 4.69) is 43.6 Å². The van der Waals surface area contributed by atoms with Crippen molar-refractivity contribution < 1.29 is 4.39 Å². The zero-order valence-electron chi connectivity index (χ0n) is 6.92. The summed E-state index contributed by atoms with van der Waals surface area (Å²) in [5, 5.41) is 4.00. The minimum absolute atomic E-state index is 0.271. The lowest BCUT2D eigenvalue weighted by molar-refractivity contribution is 0.610. The topological polar surface area (TPSA) is 17.8 Å². The molecule has 14 heavy (non-hydrogen) atoms. The summed E-state index contributed by atoms with van der Waals surface area (Å²) in [6.07, 6.45) is 3.34. The molecule has 0 N–H and O–H groups in total. The molecule has 72 valence electrons. The summed E-state index contributed by atoms with van der Waals surface area (Å²) in [6, 6.07) is 5.02. The number of benzene rings is 1. The van der Waals surface area contributed by atoms with Crippen LogP contribution in [0.3, 0.4) is 0 Å². The Kier molecular flexibility index (Phi) is 2.87. The van der Waals surface area contributed by atoms with Gasteiger partial charge in [0.15, 0.2) is 0 Å².